The molecule has 0 spiro atoms. The molecule has 1 aromatic carbocycles. The number of amides is 1. The van der Waals surface area contributed by atoms with Gasteiger partial charge in [0, 0.05) is 0 Å². The summed E-state index contributed by atoms with van der Waals surface area (Å²) >= 11 is 11.5. The molecule has 0 atom stereocenters. The maximum atomic E-state index is 11.3. The number of nitrogens with one attached hydrogen (secondary N) is 1. The first-order chi connectivity index (χ1) is 7.99. The molecule has 0 radical (unpaired) electrons. The highest BCUT2D eigenvalue weighted by molar-refractivity contribution is 6.42. The first-order valence-electron chi connectivity index (χ1n) is 4.55. The molecule has 0 saturated heterocycles. The Balaban J connectivity index is 2.45. The summed E-state index contributed by atoms with van der Waals surface area (Å²) in [5.41, 5.74) is 2.65. The van der Waals surface area contributed by atoms with Crippen LogP contribution in [0.1, 0.15) is 5.56 Å². The fourth-order valence-electron chi connectivity index (χ4n) is 1.05. The molecule has 0 aliphatic heterocycles. The predicted octanol–water partition coefficient (Wildman–Crippen LogP) is 1.67. The van der Waals surface area contributed by atoms with Crippen LogP contribution in [0, 0.1) is 0 Å². The molecular weight excluding hydrogens is 269 g/mol. The van der Waals surface area contributed by atoms with Crippen LogP contribution in [0.3, 0.4) is 0 Å². The van der Waals surface area contributed by atoms with E-state index in [1.54, 1.807) is 18.2 Å². The van der Waals surface area contributed by atoms with Gasteiger partial charge in [-0.3, -0.25) is 9.63 Å². The molecule has 92 valence electrons. The van der Waals surface area contributed by atoms with Gasteiger partial charge in [0.1, 0.15) is 0 Å². The van der Waals surface area contributed by atoms with E-state index in [0.29, 0.717) is 15.6 Å². The van der Waals surface area contributed by atoms with Crippen LogP contribution in [0.4, 0.5) is 0 Å². The molecule has 1 amide bonds. The van der Waals surface area contributed by atoms with Crippen LogP contribution in [-0.4, -0.2) is 23.6 Å². The van der Waals surface area contributed by atoms with Crippen LogP contribution < -0.4 is 5.48 Å². The molecule has 5 nitrogen and oxygen atoms in total. The van der Waals surface area contributed by atoms with Gasteiger partial charge in [0.25, 0.3) is 0 Å². The molecule has 0 bridgehead atoms. The lowest BCUT2D eigenvalue weighted by Gasteiger charge is -2.04. The summed E-state index contributed by atoms with van der Waals surface area (Å²) in [5.74, 6) is -1.63. The summed E-state index contributed by atoms with van der Waals surface area (Å²) in [4.78, 5) is 25.8. The molecule has 7 heteroatoms. The number of hydrogen-bond acceptors (Lipinski definition) is 3. The molecule has 0 aromatic heterocycles. The van der Waals surface area contributed by atoms with Crippen molar-refractivity contribution in [1.82, 2.24) is 5.48 Å². The van der Waals surface area contributed by atoms with E-state index < -0.39 is 18.5 Å². The predicted molar refractivity (Wildman–Crippen MR) is 61.9 cm³/mol. The maximum Gasteiger partial charge on any atom is 0.332 e. The van der Waals surface area contributed by atoms with Crippen molar-refractivity contribution < 1.29 is 19.5 Å². The van der Waals surface area contributed by atoms with Gasteiger partial charge in [-0.05, 0) is 17.7 Å². The molecule has 0 aliphatic rings. The SMILES string of the molecule is O=C(O)CONC(=O)Cc1ccc(Cl)c(Cl)c1. The van der Waals surface area contributed by atoms with Gasteiger partial charge in [-0.2, -0.15) is 0 Å². The quantitative estimate of drug-likeness (QED) is 0.803. The van der Waals surface area contributed by atoms with Crippen molar-refractivity contribution in [3.8, 4) is 0 Å². The average Bonchev–Trinajstić information content (AvgIpc) is 2.23. The summed E-state index contributed by atoms with van der Waals surface area (Å²) in [6.45, 7) is -0.590. The third-order valence-electron chi connectivity index (χ3n) is 1.73. The molecule has 0 unspecified atom stereocenters. The normalized spacial score (nSPS) is 10.0. The first-order valence-corrected chi connectivity index (χ1v) is 5.31. The summed E-state index contributed by atoms with van der Waals surface area (Å²) in [6, 6.07) is 4.77. The van der Waals surface area contributed by atoms with Gasteiger partial charge in [0.2, 0.25) is 5.91 Å². The number of hydroxylamine groups is 1. The Morgan fingerprint density at radius 3 is 2.59 bits per heavy atom. The van der Waals surface area contributed by atoms with Crippen LogP contribution >= 0.6 is 23.2 Å². The van der Waals surface area contributed by atoms with E-state index in [9.17, 15) is 9.59 Å². The van der Waals surface area contributed by atoms with Crippen LogP contribution in [0.5, 0.6) is 0 Å². The standard InChI is InChI=1S/C10H9Cl2NO4/c11-7-2-1-6(3-8(7)12)4-9(14)13-17-5-10(15)16/h1-3H,4-5H2,(H,13,14)(H,15,16). The average molecular weight is 278 g/mol. The van der Waals surface area contributed by atoms with Crippen LogP contribution in [0.15, 0.2) is 18.2 Å². The van der Waals surface area contributed by atoms with Gasteiger partial charge < -0.3 is 5.11 Å². The Morgan fingerprint density at radius 2 is 2.00 bits per heavy atom. The maximum absolute atomic E-state index is 11.3. The Morgan fingerprint density at radius 1 is 1.29 bits per heavy atom. The Kier molecular flexibility index (Phi) is 5.21. The fourth-order valence-corrected chi connectivity index (χ4v) is 1.37. The van der Waals surface area contributed by atoms with E-state index >= 15 is 0 Å². The molecule has 0 saturated carbocycles. The molecule has 2 N–H and O–H groups in total. The highest BCUT2D eigenvalue weighted by atomic mass is 35.5. The molecule has 0 fully saturated rings. The van der Waals surface area contributed by atoms with Crippen LogP contribution in [0.2, 0.25) is 10.0 Å². The Hall–Kier alpha value is -1.30. The van der Waals surface area contributed by atoms with Crippen LogP contribution in [0.25, 0.3) is 0 Å². The molecule has 1 aromatic rings. The fraction of sp³-hybridized carbons (Fsp3) is 0.200. The van der Waals surface area contributed by atoms with E-state index in [-0.39, 0.29) is 6.42 Å². The second kappa shape index (κ2) is 6.44. The van der Waals surface area contributed by atoms with Gasteiger partial charge in [-0.1, -0.05) is 29.3 Å². The number of hydrogen-bond donors (Lipinski definition) is 2. The van der Waals surface area contributed by atoms with Crippen molar-refractivity contribution in [3.63, 3.8) is 0 Å². The lowest BCUT2D eigenvalue weighted by molar-refractivity contribution is -0.149. The van der Waals surface area contributed by atoms with E-state index in [2.05, 4.69) is 4.84 Å². The summed E-state index contributed by atoms with van der Waals surface area (Å²) in [5, 5.41) is 9.03. The highest BCUT2D eigenvalue weighted by Crippen LogP contribution is 2.22. The number of carbonyl (C=O) groups is 2. The van der Waals surface area contributed by atoms with Crippen molar-refractivity contribution >= 4 is 35.1 Å². The molecule has 0 heterocycles. The van der Waals surface area contributed by atoms with Crippen LogP contribution in [-0.2, 0) is 20.8 Å². The van der Waals surface area contributed by atoms with Gasteiger partial charge in [0.05, 0.1) is 16.5 Å². The van der Waals surface area contributed by atoms with Crippen molar-refractivity contribution in [3.05, 3.63) is 33.8 Å². The van der Waals surface area contributed by atoms with Gasteiger partial charge in [0.15, 0.2) is 6.61 Å². The number of rotatable bonds is 5. The summed E-state index contributed by atoms with van der Waals surface area (Å²) < 4.78 is 0. The highest BCUT2D eigenvalue weighted by Gasteiger charge is 2.06. The third kappa shape index (κ3) is 5.04. The smallest absolute Gasteiger partial charge is 0.332 e. The van der Waals surface area contributed by atoms with E-state index in [0.717, 1.165) is 0 Å². The van der Waals surface area contributed by atoms with Crippen molar-refractivity contribution in [2.24, 2.45) is 0 Å². The largest absolute Gasteiger partial charge is 0.479 e. The number of halogens is 2. The van der Waals surface area contributed by atoms with Gasteiger partial charge in [-0.15, -0.1) is 0 Å². The number of aliphatic carboxylic acids is 1. The van der Waals surface area contributed by atoms with E-state index in [1.165, 1.54) is 0 Å². The van der Waals surface area contributed by atoms with E-state index in [4.69, 9.17) is 28.3 Å². The number of carbonyl (C=O) groups excluding carboxylic acids is 1. The Labute approximate surface area is 107 Å². The first kappa shape index (κ1) is 13.8. The van der Waals surface area contributed by atoms with Gasteiger partial charge in [-0.25, -0.2) is 10.3 Å². The third-order valence-corrected chi connectivity index (χ3v) is 2.47. The number of benzene rings is 1. The number of carboxylic acids is 1. The lowest BCUT2D eigenvalue weighted by atomic mass is 10.1. The molecular formula is C10H9Cl2NO4. The topological polar surface area (TPSA) is 75.6 Å². The second-order valence-corrected chi connectivity index (χ2v) is 3.95. The Bertz CT molecular complexity index is 436. The van der Waals surface area contributed by atoms with Crippen molar-refractivity contribution in [1.29, 1.82) is 0 Å². The molecule has 1 rings (SSSR count). The zero-order valence-electron chi connectivity index (χ0n) is 8.57. The molecule has 17 heavy (non-hydrogen) atoms. The minimum Gasteiger partial charge on any atom is -0.479 e. The van der Waals surface area contributed by atoms with Gasteiger partial charge >= 0.3 is 5.97 Å². The summed E-state index contributed by atoms with van der Waals surface area (Å²) in [6.07, 6.45) is 0.0243. The second-order valence-electron chi connectivity index (χ2n) is 3.13. The van der Waals surface area contributed by atoms with E-state index in [1.807, 2.05) is 5.48 Å². The number of carboxylic acid groups (broad SMARTS) is 1. The minimum absolute atomic E-state index is 0.0243. The zero-order valence-corrected chi connectivity index (χ0v) is 10.1. The minimum atomic E-state index is -1.17. The lowest BCUT2D eigenvalue weighted by Crippen LogP contribution is -2.27. The monoisotopic (exact) mass is 277 g/mol. The summed E-state index contributed by atoms with van der Waals surface area (Å²) in [7, 11) is 0. The zero-order chi connectivity index (χ0) is 12.8. The molecule has 0 aliphatic carbocycles. The van der Waals surface area contributed by atoms with Crippen molar-refractivity contribution in [2.75, 3.05) is 6.61 Å². The van der Waals surface area contributed by atoms with Crippen molar-refractivity contribution in [2.45, 2.75) is 6.42 Å².